The summed E-state index contributed by atoms with van der Waals surface area (Å²) in [6.07, 6.45) is 7.10. The molecule has 2 atom stereocenters. The number of amides is 1. The fourth-order valence-corrected chi connectivity index (χ4v) is 1.58. The van der Waals surface area contributed by atoms with Gasteiger partial charge < -0.3 is 10.1 Å². The highest BCUT2D eigenvalue weighted by molar-refractivity contribution is 6.27. The Kier molecular flexibility index (Phi) is 4.78. The van der Waals surface area contributed by atoms with Gasteiger partial charge in [-0.3, -0.25) is 4.79 Å². The molecule has 2 unspecified atom stereocenters. The first kappa shape index (κ1) is 11.4. The molecule has 1 N–H and O–H groups in total. The summed E-state index contributed by atoms with van der Waals surface area (Å²) in [6.45, 7) is 1.54. The number of rotatable bonds is 4. The zero-order chi connectivity index (χ0) is 10.4. The fraction of sp³-hybridized carbons (Fsp3) is 0.700. The van der Waals surface area contributed by atoms with Crippen LogP contribution in [0, 0.1) is 18.3 Å². The van der Waals surface area contributed by atoms with Crippen LogP contribution in [-0.2, 0) is 9.53 Å². The first-order chi connectivity index (χ1) is 6.76. The SMILES string of the molecule is C#CC(CC1CCOC1)NC(=O)CCl. The molecule has 0 aromatic rings. The largest absolute Gasteiger partial charge is 0.381 e. The summed E-state index contributed by atoms with van der Waals surface area (Å²) < 4.78 is 5.23. The van der Waals surface area contributed by atoms with E-state index in [9.17, 15) is 4.79 Å². The quantitative estimate of drug-likeness (QED) is 0.556. The molecule has 0 aromatic heterocycles. The van der Waals surface area contributed by atoms with Gasteiger partial charge in [0.2, 0.25) is 5.91 Å². The lowest BCUT2D eigenvalue weighted by molar-refractivity contribution is -0.119. The van der Waals surface area contributed by atoms with E-state index in [1.54, 1.807) is 0 Å². The molecule has 0 bridgehead atoms. The van der Waals surface area contributed by atoms with Crippen LogP contribution < -0.4 is 5.32 Å². The van der Waals surface area contributed by atoms with E-state index in [4.69, 9.17) is 22.8 Å². The van der Waals surface area contributed by atoms with Crippen LogP contribution in [0.5, 0.6) is 0 Å². The Hall–Kier alpha value is -0.720. The third-order valence-electron chi connectivity index (χ3n) is 2.25. The van der Waals surface area contributed by atoms with Crippen molar-refractivity contribution in [1.82, 2.24) is 5.32 Å². The summed E-state index contributed by atoms with van der Waals surface area (Å²) in [4.78, 5) is 11.0. The van der Waals surface area contributed by atoms with Crippen LogP contribution in [0.1, 0.15) is 12.8 Å². The summed E-state index contributed by atoms with van der Waals surface area (Å²) in [5.41, 5.74) is 0. The molecule has 0 spiro atoms. The lowest BCUT2D eigenvalue weighted by atomic mass is 10.00. The van der Waals surface area contributed by atoms with Gasteiger partial charge in [0, 0.05) is 13.2 Å². The Balaban J connectivity index is 2.31. The molecule has 0 aliphatic carbocycles. The van der Waals surface area contributed by atoms with Crippen molar-refractivity contribution in [2.24, 2.45) is 5.92 Å². The predicted octanol–water partition coefficient (Wildman–Crippen LogP) is 0.770. The molecule has 1 rings (SSSR count). The van der Waals surface area contributed by atoms with Gasteiger partial charge in [-0.2, -0.15) is 0 Å². The number of halogens is 1. The molecule has 14 heavy (non-hydrogen) atoms. The number of carbonyl (C=O) groups is 1. The van der Waals surface area contributed by atoms with Gasteiger partial charge in [0.25, 0.3) is 0 Å². The Morgan fingerprint density at radius 3 is 3.07 bits per heavy atom. The Morgan fingerprint density at radius 2 is 2.57 bits per heavy atom. The smallest absolute Gasteiger partial charge is 0.235 e. The predicted molar refractivity (Wildman–Crippen MR) is 55.0 cm³/mol. The minimum atomic E-state index is -0.215. The number of nitrogens with one attached hydrogen (secondary N) is 1. The normalized spacial score (nSPS) is 22.7. The zero-order valence-corrected chi connectivity index (χ0v) is 8.72. The van der Waals surface area contributed by atoms with Gasteiger partial charge in [-0.25, -0.2) is 0 Å². The van der Waals surface area contributed by atoms with Gasteiger partial charge in [0.05, 0.1) is 6.04 Å². The summed E-state index contributed by atoms with van der Waals surface area (Å²) in [6, 6.07) is -0.215. The molecule has 1 saturated heterocycles. The summed E-state index contributed by atoms with van der Waals surface area (Å²) >= 11 is 5.36. The summed E-state index contributed by atoms with van der Waals surface area (Å²) in [5, 5.41) is 2.68. The van der Waals surface area contributed by atoms with E-state index in [0.717, 1.165) is 26.1 Å². The number of ether oxygens (including phenoxy) is 1. The molecule has 0 radical (unpaired) electrons. The van der Waals surface area contributed by atoms with Crippen LogP contribution in [0.2, 0.25) is 0 Å². The maximum absolute atomic E-state index is 11.0. The van der Waals surface area contributed by atoms with Crippen molar-refractivity contribution in [3.8, 4) is 12.3 Å². The molecular weight excluding hydrogens is 202 g/mol. The monoisotopic (exact) mass is 215 g/mol. The number of hydrogen-bond donors (Lipinski definition) is 1. The van der Waals surface area contributed by atoms with Crippen LogP contribution >= 0.6 is 11.6 Å². The average molecular weight is 216 g/mol. The average Bonchev–Trinajstić information content (AvgIpc) is 2.69. The Bertz CT molecular complexity index is 231. The Labute approximate surface area is 89.1 Å². The minimum absolute atomic E-state index is 0.0423. The van der Waals surface area contributed by atoms with Gasteiger partial charge in [-0.05, 0) is 18.8 Å². The van der Waals surface area contributed by atoms with Crippen LogP contribution in [0.3, 0.4) is 0 Å². The maximum Gasteiger partial charge on any atom is 0.235 e. The topological polar surface area (TPSA) is 38.3 Å². The molecule has 0 aromatic carbocycles. The highest BCUT2D eigenvalue weighted by Crippen LogP contribution is 2.17. The molecule has 1 amide bonds. The third kappa shape index (κ3) is 3.57. The minimum Gasteiger partial charge on any atom is -0.381 e. The standard InChI is InChI=1S/C10H14ClNO2/c1-2-9(12-10(13)6-11)5-8-3-4-14-7-8/h1,8-9H,3-7H2,(H,12,13). The lowest BCUT2D eigenvalue weighted by Gasteiger charge is -2.15. The van der Waals surface area contributed by atoms with Crippen molar-refractivity contribution >= 4 is 17.5 Å². The van der Waals surface area contributed by atoms with Crippen molar-refractivity contribution < 1.29 is 9.53 Å². The van der Waals surface area contributed by atoms with E-state index in [-0.39, 0.29) is 17.8 Å². The number of terminal acetylenes is 1. The molecular formula is C10H14ClNO2. The molecule has 4 heteroatoms. The molecule has 3 nitrogen and oxygen atoms in total. The van der Waals surface area contributed by atoms with Gasteiger partial charge in [-0.1, -0.05) is 5.92 Å². The van der Waals surface area contributed by atoms with Crippen molar-refractivity contribution in [3.63, 3.8) is 0 Å². The van der Waals surface area contributed by atoms with E-state index in [1.807, 2.05) is 0 Å². The first-order valence-corrected chi connectivity index (χ1v) is 5.19. The van der Waals surface area contributed by atoms with Gasteiger partial charge in [0.1, 0.15) is 5.88 Å². The third-order valence-corrected chi connectivity index (χ3v) is 2.49. The van der Waals surface area contributed by atoms with E-state index in [1.165, 1.54) is 0 Å². The first-order valence-electron chi connectivity index (χ1n) is 4.65. The zero-order valence-electron chi connectivity index (χ0n) is 7.96. The highest BCUT2D eigenvalue weighted by atomic mass is 35.5. The van der Waals surface area contributed by atoms with Crippen molar-refractivity contribution in [3.05, 3.63) is 0 Å². The second-order valence-electron chi connectivity index (χ2n) is 3.39. The number of alkyl halides is 1. The fourth-order valence-electron chi connectivity index (χ4n) is 1.50. The molecule has 1 aliphatic heterocycles. The summed E-state index contributed by atoms with van der Waals surface area (Å²) in [5.74, 6) is 2.76. The van der Waals surface area contributed by atoms with Gasteiger partial charge >= 0.3 is 0 Å². The van der Waals surface area contributed by atoms with Crippen LogP contribution in [-0.4, -0.2) is 31.0 Å². The van der Waals surface area contributed by atoms with Crippen molar-refractivity contribution in [1.29, 1.82) is 0 Å². The number of hydrogen-bond acceptors (Lipinski definition) is 2. The molecule has 1 aliphatic rings. The molecule has 1 heterocycles. The van der Waals surface area contributed by atoms with Crippen molar-refractivity contribution in [2.45, 2.75) is 18.9 Å². The molecule has 1 fully saturated rings. The Morgan fingerprint density at radius 1 is 1.79 bits per heavy atom. The molecule has 0 saturated carbocycles. The molecule has 78 valence electrons. The van der Waals surface area contributed by atoms with Crippen LogP contribution in [0.4, 0.5) is 0 Å². The van der Waals surface area contributed by atoms with Crippen LogP contribution in [0.15, 0.2) is 0 Å². The van der Waals surface area contributed by atoms with Crippen LogP contribution in [0.25, 0.3) is 0 Å². The second kappa shape index (κ2) is 5.90. The lowest BCUT2D eigenvalue weighted by Crippen LogP contribution is -2.36. The maximum atomic E-state index is 11.0. The second-order valence-corrected chi connectivity index (χ2v) is 3.65. The summed E-state index contributed by atoms with van der Waals surface area (Å²) in [7, 11) is 0. The van der Waals surface area contributed by atoms with E-state index in [0.29, 0.717) is 5.92 Å². The van der Waals surface area contributed by atoms with Gasteiger partial charge in [-0.15, -0.1) is 18.0 Å². The van der Waals surface area contributed by atoms with E-state index in [2.05, 4.69) is 11.2 Å². The van der Waals surface area contributed by atoms with E-state index >= 15 is 0 Å². The van der Waals surface area contributed by atoms with E-state index < -0.39 is 0 Å². The number of carbonyl (C=O) groups excluding carboxylic acids is 1. The van der Waals surface area contributed by atoms with Crippen molar-refractivity contribution in [2.75, 3.05) is 19.1 Å². The highest BCUT2D eigenvalue weighted by Gasteiger charge is 2.20. The van der Waals surface area contributed by atoms with Gasteiger partial charge in [0.15, 0.2) is 0 Å².